The van der Waals surface area contributed by atoms with Gasteiger partial charge in [-0.1, -0.05) is 0 Å². The molecule has 3 N–H and O–H groups in total. The maximum absolute atomic E-state index is 5.78. The average molecular weight is 395 g/mol. The summed E-state index contributed by atoms with van der Waals surface area (Å²) < 4.78 is 7.02. The molecule has 0 amide bonds. The summed E-state index contributed by atoms with van der Waals surface area (Å²) in [5, 5.41) is 7.48. The van der Waals surface area contributed by atoms with Crippen molar-refractivity contribution in [1.29, 1.82) is 0 Å². The van der Waals surface area contributed by atoms with Gasteiger partial charge in [-0.2, -0.15) is 5.10 Å². The highest BCUT2D eigenvalue weighted by Crippen LogP contribution is 2.02. The summed E-state index contributed by atoms with van der Waals surface area (Å²) in [6, 6.07) is 2.25. The number of nitrogens with zero attached hydrogens (tertiary/aromatic N) is 3. The quantitative estimate of drug-likeness (QED) is 0.317. The number of guanidine groups is 1. The third-order valence-electron chi connectivity index (χ3n) is 2.72. The van der Waals surface area contributed by atoms with Crippen LogP contribution in [0.3, 0.4) is 0 Å². The van der Waals surface area contributed by atoms with Gasteiger partial charge < -0.3 is 15.8 Å². The Bertz CT molecular complexity index is 419. The van der Waals surface area contributed by atoms with Gasteiger partial charge >= 0.3 is 0 Å². The predicted molar refractivity (Wildman–Crippen MR) is 92.7 cm³/mol. The summed E-state index contributed by atoms with van der Waals surface area (Å²) in [5.74, 6) is 0.470. The maximum Gasteiger partial charge on any atom is 0.188 e. The molecular formula is C13H26IN5O. The van der Waals surface area contributed by atoms with Crippen molar-refractivity contribution in [3.8, 4) is 0 Å². The number of nitrogens with two attached hydrogens (primary N) is 1. The molecule has 0 aliphatic rings. The molecule has 0 spiro atoms. The Morgan fingerprint density at radius 2 is 2.25 bits per heavy atom. The summed E-state index contributed by atoms with van der Waals surface area (Å²) in [5.41, 5.74) is 8.01. The molecule has 20 heavy (non-hydrogen) atoms. The molecule has 6 nitrogen and oxygen atoms in total. The fraction of sp³-hybridized carbons (Fsp3) is 0.692. The highest BCUT2D eigenvalue weighted by molar-refractivity contribution is 14.0. The van der Waals surface area contributed by atoms with E-state index >= 15 is 0 Å². The van der Waals surface area contributed by atoms with Crippen LogP contribution in [0, 0.1) is 13.8 Å². The smallest absolute Gasteiger partial charge is 0.188 e. The second kappa shape index (κ2) is 9.98. The monoisotopic (exact) mass is 395 g/mol. The fourth-order valence-corrected chi connectivity index (χ4v) is 1.91. The molecule has 0 saturated carbocycles. The summed E-state index contributed by atoms with van der Waals surface area (Å²) in [6.07, 6.45) is 0.920. The Balaban J connectivity index is 0.00000361. The number of methoxy groups -OCH3 is 1. The number of nitrogens with one attached hydrogen (secondary N) is 1. The molecule has 1 unspecified atom stereocenters. The van der Waals surface area contributed by atoms with E-state index in [4.69, 9.17) is 10.5 Å². The second-order valence-electron chi connectivity index (χ2n) is 4.77. The third-order valence-corrected chi connectivity index (χ3v) is 2.72. The highest BCUT2D eigenvalue weighted by Gasteiger charge is 2.02. The number of aliphatic imine (C=N–C) groups is 1. The summed E-state index contributed by atoms with van der Waals surface area (Å²) in [6.45, 7) is 8.23. The number of rotatable bonds is 7. The van der Waals surface area contributed by atoms with Crippen molar-refractivity contribution in [3.63, 3.8) is 0 Å². The molecule has 1 atom stereocenters. The molecule has 7 heteroatoms. The van der Waals surface area contributed by atoms with E-state index in [0.717, 1.165) is 18.7 Å². The van der Waals surface area contributed by atoms with Crippen molar-refractivity contribution in [2.75, 3.05) is 20.3 Å². The van der Waals surface area contributed by atoms with Crippen LogP contribution in [0.1, 0.15) is 24.7 Å². The molecule has 116 valence electrons. The number of aryl methyl sites for hydroxylation is 3. The second-order valence-corrected chi connectivity index (χ2v) is 4.77. The Kier molecular flexibility index (Phi) is 9.56. The minimum absolute atomic E-state index is 0. The molecule has 0 radical (unpaired) electrons. The maximum atomic E-state index is 5.78. The average Bonchev–Trinajstić information content (AvgIpc) is 2.63. The Hall–Kier alpha value is -0.830. The van der Waals surface area contributed by atoms with Crippen LogP contribution in [-0.2, 0) is 11.3 Å². The Morgan fingerprint density at radius 1 is 1.55 bits per heavy atom. The summed E-state index contributed by atoms with van der Waals surface area (Å²) >= 11 is 0. The minimum atomic E-state index is 0. The van der Waals surface area contributed by atoms with Gasteiger partial charge in [-0.15, -0.1) is 24.0 Å². The molecule has 0 bridgehead atoms. The van der Waals surface area contributed by atoms with E-state index < -0.39 is 0 Å². The zero-order valence-corrected chi connectivity index (χ0v) is 15.0. The van der Waals surface area contributed by atoms with Gasteiger partial charge in [0.25, 0.3) is 0 Å². The van der Waals surface area contributed by atoms with Crippen molar-refractivity contribution in [1.82, 2.24) is 15.1 Å². The zero-order valence-electron chi connectivity index (χ0n) is 12.7. The lowest BCUT2D eigenvalue weighted by Gasteiger charge is -2.13. The highest BCUT2D eigenvalue weighted by atomic mass is 127. The van der Waals surface area contributed by atoms with E-state index in [9.17, 15) is 0 Å². The van der Waals surface area contributed by atoms with Crippen molar-refractivity contribution in [2.45, 2.75) is 39.8 Å². The fourth-order valence-electron chi connectivity index (χ4n) is 1.91. The van der Waals surface area contributed by atoms with Crippen LogP contribution < -0.4 is 11.1 Å². The number of ether oxygens (including phenoxy) is 1. The van der Waals surface area contributed by atoms with Crippen LogP contribution in [0.5, 0.6) is 0 Å². The molecule has 1 aromatic rings. The first kappa shape index (κ1) is 19.2. The van der Waals surface area contributed by atoms with Gasteiger partial charge in [-0.3, -0.25) is 9.67 Å². The molecular weight excluding hydrogens is 369 g/mol. The Morgan fingerprint density at radius 3 is 2.80 bits per heavy atom. The van der Waals surface area contributed by atoms with Gasteiger partial charge in [-0.25, -0.2) is 0 Å². The lowest BCUT2D eigenvalue weighted by Crippen LogP contribution is -2.40. The standard InChI is InChI=1S/C13H25N5O.HI/c1-10-8-12(3)18(17-10)7-5-6-15-13(14)16-11(2)9-19-4;/h8,11H,5-7,9H2,1-4H3,(H3,14,15,16);1H. The largest absolute Gasteiger partial charge is 0.383 e. The van der Waals surface area contributed by atoms with Crippen LogP contribution in [0.4, 0.5) is 0 Å². The van der Waals surface area contributed by atoms with Gasteiger partial charge in [0.05, 0.1) is 12.3 Å². The van der Waals surface area contributed by atoms with E-state index in [1.54, 1.807) is 7.11 Å². The van der Waals surface area contributed by atoms with Crippen molar-refractivity contribution in [2.24, 2.45) is 10.7 Å². The van der Waals surface area contributed by atoms with Crippen LogP contribution >= 0.6 is 24.0 Å². The predicted octanol–water partition coefficient (Wildman–Crippen LogP) is 1.45. The number of hydrogen-bond donors (Lipinski definition) is 2. The first-order chi connectivity index (χ1) is 9.02. The first-order valence-corrected chi connectivity index (χ1v) is 6.59. The molecule has 1 heterocycles. The van der Waals surface area contributed by atoms with E-state index in [1.165, 1.54) is 5.69 Å². The molecule has 0 fully saturated rings. The first-order valence-electron chi connectivity index (χ1n) is 6.59. The van der Waals surface area contributed by atoms with E-state index in [2.05, 4.69) is 28.4 Å². The lowest BCUT2D eigenvalue weighted by atomic mass is 10.4. The molecule has 0 aliphatic heterocycles. The van der Waals surface area contributed by atoms with Crippen molar-refractivity contribution >= 4 is 29.9 Å². The van der Waals surface area contributed by atoms with Crippen LogP contribution in [0.15, 0.2) is 11.1 Å². The Labute approximate surface area is 138 Å². The van der Waals surface area contributed by atoms with Crippen molar-refractivity contribution < 1.29 is 4.74 Å². The van der Waals surface area contributed by atoms with Crippen molar-refractivity contribution in [3.05, 3.63) is 17.5 Å². The van der Waals surface area contributed by atoms with Crippen LogP contribution in [0.2, 0.25) is 0 Å². The SMILES string of the molecule is COCC(C)NC(N)=NCCCn1nc(C)cc1C.I. The molecule has 0 aromatic carbocycles. The number of halogens is 1. The topological polar surface area (TPSA) is 77.5 Å². The van der Waals surface area contributed by atoms with E-state index in [1.807, 2.05) is 18.5 Å². The van der Waals surface area contributed by atoms with E-state index in [-0.39, 0.29) is 30.0 Å². The summed E-state index contributed by atoms with van der Waals surface area (Å²) in [7, 11) is 1.67. The van der Waals surface area contributed by atoms with Crippen LogP contribution in [-0.4, -0.2) is 42.0 Å². The minimum Gasteiger partial charge on any atom is -0.383 e. The third kappa shape index (κ3) is 7.09. The van der Waals surface area contributed by atoms with Gasteiger partial charge in [0, 0.05) is 31.9 Å². The number of aromatic nitrogens is 2. The van der Waals surface area contributed by atoms with Crippen LogP contribution in [0.25, 0.3) is 0 Å². The normalized spacial score (nSPS) is 12.9. The zero-order chi connectivity index (χ0) is 14.3. The van der Waals surface area contributed by atoms with Gasteiger partial charge in [0.15, 0.2) is 5.96 Å². The molecule has 0 aliphatic carbocycles. The lowest BCUT2D eigenvalue weighted by molar-refractivity contribution is 0.179. The molecule has 1 aromatic heterocycles. The molecule has 0 saturated heterocycles. The number of hydrogen-bond acceptors (Lipinski definition) is 3. The van der Waals surface area contributed by atoms with Gasteiger partial charge in [0.2, 0.25) is 0 Å². The van der Waals surface area contributed by atoms with Gasteiger partial charge in [0.1, 0.15) is 0 Å². The van der Waals surface area contributed by atoms with Gasteiger partial charge in [-0.05, 0) is 33.3 Å². The summed E-state index contributed by atoms with van der Waals surface area (Å²) in [4.78, 5) is 4.28. The van der Waals surface area contributed by atoms with E-state index in [0.29, 0.717) is 19.1 Å². The molecule has 1 rings (SSSR count).